The van der Waals surface area contributed by atoms with Gasteiger partial charge in [-0.3, -0.25) is 0 Å². The zero-order valence-corrected chi connectivity index (χ0v) is 13.6. The predicted molar refractivity (Wildman–Crippen MR) is 88.8 cm³/mol. The molecule has 0 aliphatic carbocycles. The lowest BCUT2D eigenvalue weighted by Crippen LogP contribution is -2.18. The van der Waals surface area contributed by atoms with Gasteiger partial charge in [0.2, 0.25) is 0 Å². The van der Waals surface area contributed by atoms with E-state index in [1.54, 1.807) is 18.4 Å². The molecule has 1 aromatic carbocycles. The van der Waals surface area contributed by atoms with Crippen LogP contribution in [0.25, 0.3) is 10.2 Å². The van der Waals surface area contributed by atoms with E-state index in [-0.39, 0.29) is 0 Å². The topological polar surface area (TPSA) is 43.2 Å². The van der Waals surface area contributed by atoms with E-state index in [1.165, 1.54) is 17.9 Å². The number of benzene rings is 1. The van der Waals surface area contributed by atoms with Crippen molar-refractivity contribution in [2.24, 2.45) is 0 Å². The van der Waals surface area contributed by atoms with Crippen molar-refractivity contribution in [2.75, 3.05) is 19.1 Å². The molecule has 0 saturated heterocycles. The van der Waals surface area contributed by atoms with Gasteiger partial charge in [-0.2, -0.15) is 0 Å². The molecule has 0 radical (unpaired) electrons. The molecular weight excluding hydrogens is 296 g/mol. The molecule has 3 aromatic rings. The molecule has 1 aliphatic heterocycles. The van der Waals surface area contributed by atoms with Gasteiger partial charge in [0.15, 0.2) is 5.13 Å². The van der Waals surface area contributed by atoms with Crippen molar-refractivity contribution >= 4 is 26.7 Å². The normalized spacial score (nSPS) is 13.5. The van der Waals surface area contributed by atoms with Crippen LogP contribution in [0.3, 0.4) is 0 Å². The van der Waals surface area contributed by atoms with E-state index in [0.717, 1.165) is 40.6 Å². The number of aryl methyl sites for hydroxylation is 1. The van der Waals surface area contributed by atoms with Gasteiger partial charge in [-0.05, 0) is 24.6 Å². The highest BCUT2D eigenvalue weighted by Crippen LogP contribution is 2.31. The number of fused-ring (bicyclic) bond motifs is 2. The molecule has 0 spiro atoms. The Labute approximate surface area is 133 Å². The molecule has 6 heteroatoms. The summed E-state index contributed by atoms with van der Waals surface area (Å²) in [6.45, 7) is 1.93. The number of hydrogen-bond acceptors (Lipinski definition) is 5. The first-order chi connectivity index (χ1) is 10.7. The number of hydrogen-bond donors (Lipinski definition) is 0. The smallest absolute Gasteiger partial charge is 0.186 e. The van der Waals surface area contributed by atoms with Crippen molar-refractivity contribution in [3.8, 4) is 5.75 Å². The van der Waals surface area contributed by atoms with E-state index < -0.39 is 0 Å². The number of rotatable bonds is 4. The largest absolute Gasteiger partial charge is 0.497 e. The summed E-state index contributed by atoms with van der Waals surface area (Å²) in [5.41, 5.74) is 2.29. The van der Waals surface area contributed by atoms with Crippen LogP contribution in [0.5, 0.6) is 5.75 Å². The first-order valence-corrected chi connectivity index (χ1v) is 8.25. The number of aromatic nitrogens is 3. The summed E-state index contributed by atoms with van der Waals surface area (Å²) in [5.74, 6) is 2.09. The van der Waals surface area contributed by atoms with Crippen LogP contribution in [-0.2, 0) is 19.5 Å². The Morgan fingerprint density at radius 1 is 1.41 bits per heavy atom. The Balaban J connectivity index is 1.60. The fraction of sp³-hybridized carbons (Fsp3) is 0.375. The second-order valence-corrected chi connectivity index (χ2v) is 6.62. The monoisotopic (exact) mass is 314 g/mol. The van der Waals surface area contributed by atoms with Gasteiger partial charge in [-0.25, -0.2) is 9.97 Å². The predicted octanol–water partition coefficient (Wildman–Crippen LogP) is 3.08. The number of imidazole rings is 1. The third-order valence-electron chi connectivity index (χ3n) is 4.11. The van der Waals surface area contributed by atoms with Crippen molar-refractivity contribution in [3.05, 3.63) is 35.9 Å². The highest BCUT2D eigenvalue weighted by molar-refractivity contribution is 7.22. The van der Waals surface area contributed by atoms with Crippen LogP contribution in [-0.4, -0.2) is 28.7 Å². The van der Waals surface area contributed by atoms with Gasteiger partial charge in [0.25, 0.3) is 0 Å². The zero-order chi connectivity index (χ0) is 15.1. The maximum atomic E-state index is 5.28. The number of anilines is 1. The summed E-state index contributed by atoms with van der Waals surface area (Å²) in [6, 6.07) is 6.01. The molecule has 3 heterocycles. The summed E-state index contributed by atoms with van der Waals surface area (Å²) >= 11 is 1.70. The quantitative estimate of drug-likeness (QED) is 0.742. The summed E-state index contributed by atoms with van der Waals surface area (Å²) in [4.78, 5) is 11.4. The minimum Gasteiger partial charge on any atom is -0.497 e. The minimum absolute atomic E-state index is 0.837. The maximum Gasteiger partial charge on any atom is 0.186 e. The van der Waals surface area contributed by atoms with Gasteiger partial charge in [-0.1, -0.05) is 11.3 Å². The first-order valence-electron chi connectivity index (χ1n) is 7.43. The summed E-state index contributed by atoms with van der Waals surface area (Å²) < 4.78 is 8.77. The molecule has 0 N–H and O–H groups in total. The lowest BCUT2D eigenvalue weighted by atomic mass is 10.3. The van der Waals surface area contributed by atoms with Crippen molar-refractivity contribution < 1.29 is 4.74 Å². The minimum atomic E-state index is 0.837. The maximum absolute atomic E-state index is 5.28. The molecule has 5 nitrogen and oxygen atoms in total. The van der Waals surface area contributed by atoms with Crippen molar-refractivity contribution in [2.45, 2.75) is 25.9 Å². The van der Waals surface area contributed by atoms with Gasteiger partial charge in [0.1, 0.15) is 11.6 Å². The lowest BCUT2D eigenvalue weighted by Gasteiger charge is -2.16. The highest BCUT2D eigenvalue weighted by Gasteiger charge is 2.17. The molecule has 114 valence electrons. The number of methoxy groups -OCH3 is 1. The van der Waals surface area contributed by atoms with Crippen molar-refractivity contribution in [1.82, 2.24) is 14.5 Å². The number of ether oxygens (including phenoxy) is 1. The zero-order valence-electron chi connectivity index (χ0n) is 12.7. The first kappa shape index (κ1) is 13.6. The molecule has 0 unspecified atom stereocenters. The third kappa shape index (κ3) is 2.23. The van der Waals surface area contributed by atoms with E-state index in [1.807, 2.05) is 24.4 Å². The van der Waals surface area contributed by atoms with E-state index in [0.29, 0.717) is 0 Å². The standard InChI is InChI=1S/C16H18N4OS/c1-19(10-11-9-17-15-4-3-7-20(11)15)16-18-13-6-5-12(21-2)8-14(13)22-16/h5-6,8-9H,3-4,7,10H2,1-2H3. The molecule has 0 saturated carbocycles. The van der Waals surface area contributed by atoms with Gasteiger partial charge in [0, 0.05) is 20.0 Å². The Bertz CT molecular complexity index is 823. The van der Waals surface area contributed by atoms with Gasteiger partial charge in [0.05, 0.1) is 35.8 Å². The van der Waals surface area contributed by atoms with Crippen LogP contribution in [0, 0.1) is 0 Å². The Kier molecular flexibility index (Phi) is 3.26. The van der Waals surface area contributed by atoms with E-state index in [4.69, 9.17) is 9.72 Å². The SMILES string of the molecule is COc1ccc2nc(N(C)Cc3cnc4n3CCC4)sc2c1. The van der Waals surface area contributed by atoms with Crippen LogP contribution in [0.4, 0.5) is 5.13 Å². The van der Waals surface area contributed by atoms with Crippen molar-refractivity contribution in [1.29, 1.82) is 0 Å². The van der Waals surface area contributed by atoms with Gasteiger partial charge < -0.3 is 14.2 Å². The van der Waals surface area contributed by atoms with Crippen LogP contribution in [0.2, 0.25) is 0 Å². The van der Waals surface area contributed by atoms with E-state index in [9.17, 15) is 0 Å². The lowest BCUT2D eigenvalue weighted by molar-refractivity contribution is 0.415. The molecule has 0 atom stereocenters. The molecule has 1 aliphatic rings. The Morgan fingerprint density at radius 3 is 3.18 bits per heavy atom. The molecule has 22 heavy (non-hydrogen) atoms. The van der Waals surface area contributed by atoms with Crippen LogP contribution >= 0.6 is 11.3 Å². The summed E-state index contributed by atoms with van der Waals surface area (Å²) in [7, 11) is 3.78. The van der Waals surface area contributed by atoms with E-state index >= 15 is 0 Å². The van der Waals surface area contributed by atoms with Gasteiger partial charge in [-0.15, -0.1) is 0 Å². The second kappa shape index (κ2) is 5.28. The molecule has 2 aromatic heterocycles. The van der Waals surface area contributed by atoms with Crippen LogP contribution in [0.15, 0.2) is 24.4 Å². The van der Waals surface area contributed by atoms with Crippen LogP contribution < -0.4 is 9.64 Å². The molecule has 0 amide bonds. The molecule has 0 bridgehead atoms. The number of nitrogens with zero attached hydrogens (tertiary/aromatic N) is 4. The van der Waals surface area contributed by atoms with Gasteiger partial charge >= 0.3 is 0 Å². The molecule has 0 fully saturated rings. The molecular formula is C16H18N4OS. The Hall–Kier alpha value is -2.08. The third-order valence-corrected chi connectivity index (χ3v) is 5.25. The summed E-state index contributed by atoms with van der Waals surface area (Å²) in [5, 5.41) is 1.02. The number of thiazole rings is 1. The van der Waals surface area contributed by atoms with Crippen LogP contribution in [0.1, 0.15) is 17.9 Å². The summed E-state index contributed by atoms with van der Waals surface area (Å²) in [6.07, 6.45) is 4.31. The average molecular weight is 314 g/mol. The highest BCUT2D eigenvalue weighted by atomic mass is 32.1. The fourth-order valence-corrected chi connectivity index (χ4v) is 3.90. The second-order valence-electron chi connectivity index (χ2n) is 5.61. The van der Waals surface area contributed by atoms with E-state index in [2.05, 4.69) is 21.5 Å². The Morgan fingerprint density at radius 2 is 2.32 bits per heavy atom. The van der Waals surface area contributed by atoms with Crippen molar-refractivity contribution in [3.63, 3.8) is 0 Å². The average Bonchev–Trinajstić information content (AvgIpc) is 3.22. The fourth-order valence-electron chi connectivity index (χ4n) is 2.94. The molecule has 4 rings (SSSR count).